The van der Waals surface area contributed by atoms with Gasteiger partial charge in [0.25, 0.3) is 44.5 Å². The second kappa shape index (κ2) is 36.6. The van der Waals surface area contributed by atoms with Gasteiger partial charge in [0, 0.05) is 59.4 Å². The number of allylic oxidation sites excluding steroid dienone is 6. The van der Waals surface area contributed by atoms with E-state index in [9.17, 15) is 38.4 Å². The average Bonchev–Trinajstić information content (AvgIpc) is 1.52. The molecule has 0 saturated heterocycles. The number of nitrogens with one attached hydrogen (secondary N) is 2. The molecular formula is C105H110F6N8O8S2. The first-order valence-corrected chi connectivity index (χ1v) is 47.7. The van der Waals surface area contributed by atoms with E-state index in [-0.39, 0.29) is 75.7 Å². The predicted octanol–water partition coefficient (Wildman–Crippen LogP) is 24.4. The summed E-state index contributed by atoms with van der Waals surface area (Å²) in [7, 11) is 0. The largest absolute Gasteiger partial charge is 0.380 e. The maximum Gasteiger partial charge on any atom is 0.380 e. The molecule has 2 aliphatic heterocycles. The van der Waals surface area contributed by atoms with Gasteiger partial charge in [-0.25, -0.2) is 9.97 Å². The number of thiophene rings is 2. The van der Waals surface area contributed by atoms with E-state index in [1.165, 1.54) is 77.1 Å². The number of aromatic amines is 2. The Hall–Kier alpha value is -11.2. The Morgan fingerprint density at radius 3 is 1.02 bits per heavy atom. The van der Waals surface area contributed by atoms with E-state index < -0.39 is 97.6 Å². The summed E-state index contributed by atoms with van der Waals surface area (Å²) in [5.74, 6) is -17.0. The number of aromatic nitrogens is 8. The van der Waals surface area contributed by atoms with Crippen molar-refractivity contribution in [1.29, 1.82) is 0 Å². The lowest BCUT2D eigenvalue weighted by atomic mass is 9.93. The molecule has 0 spiro atoms. The first-order valence-electron chi connectivity index (χ1n) is 46.1. The number of unbranched alkanes of at least 4 members (excludes halogenated alkanes) is 15. The maximum absolute atomic E-state index is 16.7. The second-order valence-electron chi connectivity index (χ2n) is 35.9. The SMILES string of the molecule is CCCCCCC1=C(C)c2nc1cc1[nH]c(c(C)c1CCCCCC)c(-c1ccc(C)cc1)c1nc(cc3[nH]c(c(C)c3CCCCCC)c2-c2ccc(Cn3c(=O)c4cc5c(=O)n(Cc6cc(C7=C(c8cc(Cn9c(=O)c%10cc%11c(=O)n(CCCCCC)c(=O)c%11cc%10c9=O)sc8C)C(F)(F)C(F)(F)C7(F)F)c(C)s6)c(=O)c5cc4c3=O)cc2)C(CCCCCC)=C1C. The van der Waals surface area contributed by atoms with Crippen molar-refractivity contribution in [3.8, 4) is 22.3 Å². The standard InChI is InChI=1S/C105H110F6N8O8S2/c1-13-18-23-28-33-69-58(7)91-87(65-41-37-57(6)38-42-65)92-59(8)70(34-29-24-19-14-2)84(113-92)53-86-72(36-31-26-21-16-4)61(10)94(115-86)88(93-60(9)71(35-30-25-20-15-3)85(114-93)52-83(69)112-91)66-43-39-64(40-44-66)54-117-97(122)77-50-81-82(51-78(77)98(117)123)102(127)119(101(81)126)56-68-47-74(63(12)129-68)90-89(103(106,107)105(110,111)104(90,108)109)73-46-67(128-62(73)11)55-118-99(124)79-48-75-76(49-80(79)100(118)125)96(121)116(95(75)120)45-32-27-22-17-5/h37-44,46-53,112,115H,13-36,45,54-56H2,1-12H3. The topological polar surface area (TPSA) is 214 Å². The molecule has 13 aromatic rings. The summed E-state index contributed by atoms with van der Waals surface area (Å²) in [5.41, 5.74) is 11.6. The van der Waals surface area contributed by atoms with Crippen LogP contribution in [0.4, 0.5) is 26.3 Å². The van der Waals surface area contributed by atoms with E-state index in [4.69, 9.17) is 9.97 Å². The highest BCUT2D eigenvalue weighted by atomic mass is 32.1. The Bertz CT molecular complexity index is 7240. The van der Waals surface area contributed by atoms with E-state index in [1.807, 2.05) is 31.2 Å². The lowest BCUT2D eigenvalue weighted by Gasteiger charge is -2.25. The normalized spacial score (nSPS) is 14.6. The number of hydrogen-bond acceptors (Lipinski definition) is 12. The molecule has 0 atom stereocenters. The summed E-state index contributed by atoms with van der Waals surface area (Å²) in [6, 6.07) is 28.0. The Balaban J connectivity index is 0.762. The van der Waals surface area contributed by atoms with Gasteiger partial charge in [0.1, 0.15) is 0 Å². The fourth-order valence-corrected chi connectivity index (χ4v) is 22.0. The molecule has 4 aromatic carbocycles. The lowest BCUT2D eigenvalue weighted by molar-refractivity contribution is -0.254. The van der Waals surface area contributed by atoms with Crippen LogP contribution in [0, 0.1) is 34.6 Å². The van der Waals surface area contributed by atoms with Gasteiger partial charge in [-0.3, -0.25) is 56.6 Å². The van der Waals surface area contributed by atoms with Gasteiger partial charge in [-0.1, -0.05) is 185 Å². The minimum atomic E-state index is -6.00. The van der Waals surface area contributed by atoms with Crippen molar-refractivity contribution in [3.05, 3.63) is 267 Å². The Labute approximate surface area is 751 Å². The van der Waals surface area contributed by atoms with Crippen LogP contribution in [0.2, 0.25) is 0 Å². The number of hydrogen-bond donors (Lipinski definition) is 2. The van der Waals surface area contributed by atoms with Gasteiger partial charge in [0.05, 0.1) is 96.5 Å². The van der Waals surface area contributed by atoms with Crippen LogP contribution in [0.3, 0.4) is 0 Å². The van der Waals surface area contributed by atoms with Crippen molar-refractivity contribution < 1.29 is 26.3 Å². The van der Waals surface area contributed by atoms with Crippen LogP contribution in [0.15, 0.2) is 135 Å². The number of halogens is 6. The maximum atomic E-state index is 16.7. The van der Waals surface area contributed by atoms with Gasteiger partial charge in [0.2, 0.25) is 0 Å². The summed E-state index contributed by atoms with van der Waals surface area (Å²) < 4.78 is 102. The zero-order chi connectivity index (χ0) is 91.7. The van der Waals surface area contributed by atoms with Crippen molar-refractivity contribution >= 4 is 121 Å². The molecular weight excluding hydrogens is 1680 g/mol. The first-order chi connectivity index (χ1) is 61.8. The van der Waals surface area contributed by atoms with Gasteiger partial charge in [-0.15, -0.1) is 22.7 Å². The highest BCUT2D eigenvalue weighted by Crippen LogP contribution is 2.66. The monoisotopic (exact) mass is 1790 g/mol. The smallest absolute Gasteiger partial charge is 0.354 e. The van der Waals surface area contributed by atoms with Crippen molar-refractivity contribution in [2.24, 2.45) is 0 Å². The van der Waals surface area contributed by atoms with E-state index in [0.29, 0.717) is 34.7 Å². The summed E-state index contributed by atoms with van der Waals surface area (Å²) in [4.78, 5) is 133. The molecule has 16 nitrogen and oxygen atoms in total. The number of H-pyrrole nitrogens is 2. The summed E-state index contributed by atoms with van der Waals surface area (Å²) in [5, 5.41) is -1.31. The van der Waals surface area contributed by atoms with Crippen molar-refractivity contribution in [2.75, 3.05) is 0 Å². The minimum absolute atomic E-state index is 0.0281. The molecule has 0 radical (unpaired) electrons. The van der Waals surface area contributed by atoms with Crippen LogP contribution >= 0.6 is 22.7 Å². The zero-order valence-electron chi connectivity index (χ0n) is 75.6. The quantitative estimate of drug-likeness (QED) is 0.0283. The van der Waals surface area contributed by atoms with Gasteiger partial charge in [-0.05, 0) is 227 Å². The Morgan fingerprint density at radius 1 is 0.357 bits per heavy atom. The van der Waals surface area contributed by atoms with E-state index >= 15 is 26.3 Å². The Kier molecular flexibility index (Phi) is 25.8. The van der Waals surface area contributed by atoms with Gasteiger partial charge in [0.15, 0.2) is 0 Å². The highest BCUT2D eigenvalue weighted by molar-refractivity contribution is 7.12. The molecule has 24 heteroatoms. The second-order valence-corrected chi connectivity index (χ2v) is 38.6. The first kappa shape index (κ1) is 91.1. The van der Waals surface area contributed by atoms with Crippen molar-refractivity contribution in [1.82, 2.24) is 38.2 Å². The third-order valence-electron chi connectivity index (χ3n) is 27.2. The van der Waals surface area contributed by atoms with Crippen molar-refractivity contribution in [2.45, 2.75) is 281 Å². The van der Waals surface area contributed by atoms with Crippen LogP contribution in [0.25, 0.3) is 121 Å². The van der Waals surface area contributed by atoms with Gasteiger partial charge in [-0.2, -0.15) is 26.3 Å². The van der Waals surface area contributed by atoms with Crippen LogP contribution < -0.4 is 44.5 Å². The van der Waals surface area contributed by atoms with E-state index in [1.54, 1.807) is 0 Å². The van der Waals surface area contributed by atoms with Gasteiger partial charge < -0.3 is 9.97 Å². The van der Waals surface area contributed by atoms with Crippen LogP contribution in [0.5, 0.6) is 0 Å². The van der Waals surface area contributed by atoms with Crippen LogP contribution in [-0.2, 0) is 39.0 Å². The molecule has 672 valence electrons. The number of alkyl halides is 6. The molecule has 9 aromatic heterocycles. The molecule has 0 saturated carbocycles. The van der Waals surface area contributed by atoms with E-state index in [0.717, 1.165) is 256 Å². The van der Waals surface area contributed by atoms with Crippen LogP contribution in [0.1, 0.15) is 277 Å². The number of nitrogens with zero attached hydrogens (tertiary/aromatic N) is 6. The number of benzene rings is 4. The number of aryl methyl sites for hydroxylation is 7. The summed E-state index contributed by atoms with van der Waals surface area (Å²) in [6.45, 7) is 23.2. The third kappa shape index (κ3) is 16.1. The molecule has 1 aliphatic carbocycles. The van der Waals surface area contributed by atoms with Crippen molar-refractivity contribution in [3.63, 3.8) is 0 Å². The third-order valence-corrected chi connectivity index (χ3v) is 29.3. The number of rotatable bonds is 35. The lowest BCUT2D eigenvalue weighted by Crippen LogP contribution is -2.48. The molecule has 11 heterocycles. The molecule has 129 heavy (non-hydrogen) atoms. The van der Waals surface area contributed by atoms with Gasteiger partial charge >= 0.3 is 17.8 Å². The average molecular weight is 1790 g/mol. The molecule has 0 unspecified atom stereocenters. The molecule has 0 fully saturated rings. The Morgan fingerprint density at radius 2 is 0.674 bits per heavy atom. The molecule has 0 amide bonds. The van der Waals surface area contributed by atoms with Crippen LogP contribution in [-0.4, -0.2) is 56.0 Å². The fraction of sp³-hybridized carbons (Fsp3) is 0.410. The van der Waals surface area contributed by atoms with E-state index in [2.05, 4.69) is 109 Å². The highest BCUT2D eigenvalue weighted by Gasteiger charge is 2.80. The fourth-order valence-electron chi connectivity index (χ4n) is 19.9. The molecule has 3 aliphatic rings. The summed E-state index contributed by atoms with van der Waals surface area (Å²) >= 11 is 1.40. The summed E-state index contributed by atoms with van der Waals surface area (Å²) in [6.07, 6.45) is 23.8. The predicted molar refractivity (Wildman–Crippen MR) is 515 cm³/mol. The minimum Gasteiger partial charge on any atom is -0.354 e. The zero-order valence-corrected chi connectivity index (χ0v) is 77.2. The molecule has 16 rings (SSSR count). The molecule has 8 bridgehead atoms. The molecule has 2 N–H and O–H groups in total. The number of fused-ring (bicyclic) bond motifs is 12.